The van der Waals surface area contributed by atoms with Crippen molar-refractivity contribution in [2.45, 2.75) is 58.4 Å². The molecule has 3 N–H and O–H groups in total. The number of hydrazine groups is 1. The van der Waals surface area contributed by atoms with Gasteiger partial charge in [-0.25, -0.2) is 0 Å². The van der Waals surface area contributed by atoms with E-state index in [2.05, 4.69) is 30.7 Å². The molecule has 0 saturated heterocycles. The summed E-state index contributed by atoms with van der Waals surface area (Å²) in [6.07, 6.45) is 8.17. The van der Waals surface area contributed by atoms with Gasteiger partial charge in [0, 0.05) is 10.9 Å². The van der Waals surface area contributed by atoms with Crippen LogP contribution in [0.3, 0.4) is 0 Å². The minimum atomic E-state index is 0.360. The first-order chi connectivity index (χ1) is 8.76. The molecule has 1 atom stereocenters. The Hall–Kier alpha value is -0.380. The maximum Gasteiger partial charge on any atom is 0.0499 e. The molecule has 1 heterocycles. The van der Waals surface area contributed by atoms with E-state index >= 15 is 0 Å². The normalized spacial score (nSPS) is 26.2. The molecule has 2 rings (SSSR count). The number of aryl methyl sites for hydroxylation is 1. The summed E-state index contributed by atoms with van der Waals surface area (Å²) in [5, 5.41) is 2.18. The molecule has 1 aromatic rings. The second-order valence-electron chi connectivity index (χ2n) is 5.65. The zero-order valence-corrected chi connectivity index (χ0v) is 12.4. The Balaban J connectivity index is 1.97. The molecule has 1 aromatic heterocycles. The summed E-state index contributed by atoms with van der Waals surface area (Å²) in [6.45, 7) is 4.50. The highest BCUT2D eigenvalue weighted by Crippen LogP contribution is 2.39. The van der Waals surface area contributed by atoms with Crippen LogP contribution in [0.4, 0.5) is 0 Å². The fourth-order valence-corrected chi connectivity index (χ4v) is 4.17. The summed E-state index contributed by atoms with van der Waals surface area (Å²) in [7, 11) is 0. The summed E-state index contributed by atoms with van der Waals surface area (Å²) in [4.78, 5) is 1.41. The van der Waals surface area contributed by atoms with E-state index < -0.39 is 0 Å². The van der Waals surface area contributed by atoms with Gasteiger partial charge in [0.2, 0.25) is 0 Å². The van der Waals surface area contributed by atoms with Gasteiger partial charge in [-0.2, -0.15) is 0 Å². The Morgan fingerprint density at radius 1 is 1.39 bits per heavy atom. The molecule has 1 aliphatic carbocycles. The summed E-state index contributed by atoms with van der Waals surface area (Å²) >= 11 is 1.83. The van der Waals surface area contributed by atoms with Gasteiger partial charge < -0.3 is 0 Å². The second-order valence-corrected chi connectivity index (χ2v) is 6.77. The maximum absolute atomic E-state index is 5.81. The Bertz CT molecular complexity index is 353. The lowest BCUT2D eigenvalue weighted by atomic mass is 9.76. The van der Waals surface area contributed by atoms with Crippen LogP contribution in [0.2, 0.25) is 0 Å². The molecule has 0 bridgehead atoms. The molecule has 0 spiro atoms. The zero-order chi connectivity index (χ0) is 13.0. The zero-order valence-electron chi connectivity index (χ0n) is 11.6. The van der Waals surface area contributed by atoms with Gasteiger partial charge in [-0.1, -0.05) is 32.6 Å². The molecule has 1 aliphatic rings. The van der Waals surface area contributed by atoms with Gasteiger partial charge in [-0.15, -0.1) is 11.3 Å². The molecule has 2 nitrogen and oxygen atoms in total. The molecule has 1 fully saturated rings. The molecular weight excluding hydrogens is 240 g/mol. The van der Waals surface area contributed by atoms with Crippen LogP contribution in [0.15, 0.2) is 11.4 Å². The summed E-state index contributed by atoms with van der Waals surface area (Å²) in [5.41, 5.74) is 4.49. The van der Waals surface area contributed by atoms with Gasteiger partial charge in [0.25, 0.3) is 0 Å². The van der Waals surface area contributed by atoms with Crippen molar-refractivity contribution in [1.29, 1.82) is 0 Å². The van der Waals surface area contributed by atoms with Crippen molar-refractivity contribution in [3.05, 3.63) is 21.9 Å². The van der Waals surface area contributed by atoms with E-state index in [4.69, 9.17) is 5.84 Å². The standard InChI is InChI=1S/C15H26N2S/c1-3-4-12-5-7-13(8-6-12)15(17-16)14-9-10-18-11(14)2/h9-10,12-13,15,17H,3-8,16H2,1-2H3. The van der Waals surface area contributed by atoms with E-state index in [1.165, 1.54) is 49.0 Å². The number of thiophene rings is 1. The second kappa shape index (κ2) is 6.69. The van der Waals surface area contributed by atoms with E-state index in [1.807, 2.05) is 11.3 Å². The van der Waals surface area contributed by atoms with Gasteiger partial charge in [-0.3, -0.25) is 11.3 Å². The first-order valence-electron chi connectivity index (χ1n) is 7.26. The van der Waals surface area contributed by atoms with E-state index in [-0.39, 0.29) is 0 Å². The molecule has 102 valence electrons. The summed E-state index contributed by atoms with van der Waals surface area (Å²) < 4.78 is 0. The van der Waals surface area contributed by atoms with E-state index in [9.17, 15) is 0 Å². The maximum atomic E-state index is 5.81. The lowest BCUT2D eigenvalue weighted by Gasteiger charge is -2.33. The molecule has 0 amide bonds. The van der Waals surface area contributed by atoms with Gasteiger partial charge >= 0.3 is 0 Å². The van der Waals surface area contributed by atoms with E-state index in [0.29, 0.717) is 6.04 Å². The van der Waals surface area contributed by atoms with Crippen molar-refractivity contribution in [2.24, 2.45) is 17.7 Å². The van der Waals surface area contributed by atoms with Crippen LogP contribution in [0.5, 0.6) is 0 Å². The molecule has 0 radical (unpaired) electrons. The van der Waals surface area contributed by atoms with Crippen LogP contribution < -0.4 is 11.3 Å². The van der Waals surface area contributed by atoms with Crippen LogP contribution in [0.1, 0.15) is 61.9 Å². The predicted octanol–water partition coefficient (Wildman–Crippen LogP) is 4.17. The molecule has 0 aromatic carbocycles. The molecule has 18 heavy (non-hydrogen) atoms. The molecular formula is C15H26N2S. The van der Waals surface area contributed by atoms with E-state index in [0.717, 1.165) is 11.8 Å². The third-order valence-corrected chi connectivity index (χ3v) is 5.33. The van der Waals surface area contributed by atoms with Crippen molar-refractivity contribution in [2.75, 3.05) is 0 Å². The predicted molar refractivity (Wildman–Crippen MR) is 79.5 cm³/mol. The number of nitrogens with two attached hydrogens (primary N) is 1. The van der Waals surface area contributed by atoms with Gasteiger partial charge in [-0.05, 0) is 48.6 Å². The lowest BCUT2D eigenvalue weighted by molar-refractivity contribution is 0.215. The quantitative estimate of drug-likeness (QED) is 0.620. The highest BCUT2D eigenvalue weighted by atomic mass is 32.1. The van der Waals surface area contributed by atoms with Gasteiger partial charge in [0.1, 0.15) is 0 Å². The highest BCUT2D eigenvalue weighted by Gasteiger charge is 2.28. The Morgan fingerprint density at radius 2 is 2.11 bits per heavy atom. The Morgan fingerprint density at radius 3 is 2.61 bits per heavy atom. The molecule has 1 saturated carbocycles. The number of hydrogen-bond donors (Lipinski definition) is 2. The van der Waals surface area contributed by atoms with Crippen molar-refractivity contribution < 1.29 is 0 Å². The summed E-state index contributed by atoms with van der Waals surface area (Å²) in [5.74, 6) is 7.50. The average molecular weight is 266 g/mol. The van der Waals surface area contributed by atoms with Crippen molar-refractivity contribution in [3.8, 4) is 0 Å². The first-order valence-corrected chi connectivity index (χ1v) is 8.14. The topological polar surface area (TPSA) is 38.0 Å². The minimum absolute atomic E-state index is 0.360. The highest BCUT2D eigenvalue weighted by molar-refractivity contribution is 7.10. The lowest BCUT2D eigenvalue weighted by Crippen LogP contribution is -2.35. The smallest absolute Gasteiger partial charge is 0.0499 e. The fourth-order valence-electron chi connectivity index (χ4n) is 3.42. The minimum Gasteiger partial charge on any atom is -0.271 e. The van der Waals surface area contributed by atoms with Gasteiger partial charge in [0.15, 0.2) is 0 Å². The average Bonchev–Trinajstić information content (AvgIpc) is 2.79. The number of nitrogens with one attached hydrogen (secondary N) is 1. The van der Waals surface area contributed by atoms with E-state index in [1.54, 1.807) is 0 Å². The van der Waals surface area contributed by atoms with Crippen LogP contribution in [-0.4, -0.2) is 0 Å². The monoisotopic (exact) mass is 266 g/mol. The third-order valence-electron chi connectivity index (χ3n) is 4.47. The molecule has 3 heteroatoms. The molecule has 1 unspecified atom stereocenters. The van der Waals surface area contributed by atoms with Crippen LogP contribution in [0.25, 0.3) is 0 Å². The SMILES string of the molecule is CCCC1CCC(C(NN)c2ccsc2C)CC1. The largest absolute Gasteiger partial charge is 0.271 e. The van der Waals surface area contributed by atoms with Crippen molar-refractivity contribution in [3.63, 3.8) is 0 Å². The first kappa shape index (κ1) is 14.0. The Labute approximate surface area is 115 Å². The fraction of sp³-hybridized carbons (Fsp3) is 0.733. The Kier molecular flexibility index (Phi) is 5.22. The van der Waals surface area contributed by atoms with Crippen molar-refractivity contribution >= 4 is 11.3 Å². The number of rotatable bonds is 5. The molecule has 0 aliphatic heterocycles. The third kappa shape index (κ3) is 3.14. The van der Waals surface area contributed by atoms with Crippen LogP contribution in [-0.2, 0) is 0 Å². The van der Waals surface area contributed by atoms with Crippen molar-refractivity contribution in [1.82, 2.24) is 5.43 Å². The van der Waals surface area contributed by atoms with Crippen LogP contribution >= 0.6 is 11.3 Å². The van der Waals surface area contributed by atoms with Crippen LogP contribution in [0, 0.1) is 18.8 Å². The van der Waals surface area contributed by atoms with Gasteiger partial charge in [0.05, 0.1) is 0 Å². The summed E-state index contributed by atoms with van der Waals surface area (Å²) in [6, 6.07) is 2.60. The number of hydrogen-bond acceptors (Lipinski definition) is 3.